The Morgan fingerprint density at radius 3 is 2.44 bits per heavy atom. The van der Waals surface area contributed by atoms with E-state index in [2.05, 4.69) is 5.32 Å². The van der Waals surface area contributed by atoms with E-state index in [9.17, 15) is 22.0 Å². The van der Waals surface area contributed by atoms with Crippen molar-refractivity contribution >= 4 is 15.9 Å². The lowest BCUT2D eigenvalue weighted by molar-refractivity contribution is -0.131. The van der Waals surface area contributed by atoms with Crippen molar-refractivity contribution in [2.75, 3.05) is 39.3 Å². The lowest BCUT2D eigenvalue weighted by Gasteiger charge is -2.34. The highest BCUT2D eigenvalue weighted by Crippen LogP contribution is 2.27. The van der Waals surface area contributed by atoms with Crippen LogP contribution < -0.4 is 5.32 Å². The number of nitrogens with zero attached hydrogens (tertiary/aromatic N) is 2. The normalized spacial score (nSPS) is 19.2. The summed E-state index contributed by atoms with van der Waals surface area (Å²) in [6, 6.07) is 2.40. The second-order valence-corrected chi connectivity index (χ2v) is 8.34. The summed E-state index contributed by atoms with van der Waals surface area (Å²) < 4.78 is 52.9. The van der Waals surface area contributed by atoms with Crippen molar-refractivity contribution in [3.63, 3.8) is 0 Å². The Morgan fingerprint density at radius 2 is 1.84 bits per heavy atom. The van der Waals surface area contributed by atoms with Crippen LogP contribution in [-0.4, -0.2) is 62.8 Å². The second-order valence-electron chi connectivity index (χ2n) is 6.43. The van der Waals surface area contributed by atoms with Gasteiger partial charge in [0.15, 0.2) is 0 Å². The number of rotatable bonds is 6. The molecule has 1 aliphatic carbocycles. The summed E-state index contributed by atoms with van der Waals surface area (Å²) in [6.45, 7) is 1.78. The Balaban J connectivity index is 1.56. The van der Waals surface area contributed by atoms with Crippen LogP contribution in [0.1, 0.15) is 12.8 Å². The minimum absolute atomic E-state index is 0.0642. The number of halogens is 2. The molecular weight excluding hydrogens is 352 g/mol. The summed E-state index contributed by atoms with van der Waals surface area (Å²) in [4.78, 5) is 13.2. The molecule has 1 saturated carbocycles. The van der Waals surface area contributed by atoms with Crippen molar-refractivity contribution in [1.29, 1.82) is 0 Å². The third kappa shape index (κ3) is 4.34. The summed E-state index contributed by atoms with van der Waals surface area (Å²) >= 11 is 0. The average molecular weight is 373 g/mol. The van der Waals surface area contributed by atoms with E-state index in [1.807, 2.05) is 0 Å². The van der Waals surface area contributed by atoms with Crippen LogP contribution in [0.5, 0.6) is 0 Å². The number of carbonyl (C=O) groups is 1. The molecule has 3 rings (SSSR count). The van der Waals surface area contributed by atoms with Crippen LogP contribution in [0.2, 0.25) is 0 Å². The first-order valence-corrected chi connectivity index (χ1v) is 9.75. The van der Waals surface area contributed by atoms with E-state index in [1.54, 1.807) is 4.90 Å². The summed E-state index contributed by atoms with van der Waals surface area (Å²) in [5.41, 5.74) is 0. The molecular formula is C16H21F2N3O3S. The molecule has 138 valence electrons. The summed E-state index contributed by atoms with van der Waals surface area (Å²) in [6.07, 6.45) is 2.41. The topological polar surface area (TPSA) is 69.7 Å². The van der Waals surface area contributed by atoms with Gasteiger partial charge >= 0.3 is 0 Å². The molecule has 9 heteroatoms. The molecule has 1 N–H and O–H groups in total. The van der Waals surface area contributed by atoms with Gasteiger partial charge in [0.05, 0.1) is 6.54 Å². The first-order chi connectivity index (χ1) is 11.9. The minimum atomic E-state index is -4.04. The quantitative estimate of drug-likeness (QED) is 0.801. The predicted octanol–water partition coefficient (Wildman–Crippen LogP) is 0.797. The average Bonchev–Trinajstić information content (AvgIpc) is 3.39. The zero-order chi connectivity index (χ0) is 18.0. The van der Waals surface area contributed by atoms with Crippen LogP contribution in [0.15, 0.2) is 23.1 Å². The zero-order valence-corrected chi connectivity index (χ0v) is 14.6. The van der Waals surface area contributed by atoms with E-state index in [0.29, 0.717) is 12.0 Å². The number of amides is 1. The molecule has 1 amide bonds. The molecule has 1 saturated heterocycles. The third-order valence-corrected chi connectivity index (χ3v) is 6.44. The number of sulfonamides is 1. The minimum Gasteiger partial charge on any atom is -0.339 e. The van der Waals surface area contributed by atoms with Gasteiger partial charge in [-0.3, -0.25) is 4.79 Å². The zero-order valence-electron chi connectivity index (χ0n) is 13.7. The molecule has 2 fully saturated rings. The second kappa shape index (κ2) is 7.35. The molecule has 1 aliphatic heterocycles. The largest absolute Gasteiger partial charge is 0.339 e. The maximum absolute atomic E-state index is 13.8. The Hall–Kier alpha value is -1.58. The smallest absolute Gasteiger partial charge is 0.246 e. The number of carbonyl (C=O) groups excluding carboxylic acids is 1. The molecule has 0 atom stereocenters. The fourth-order valence-electron chi connectivity index (χ4n) is 2.82. The Bertz CT molecular complexity index is 745. The lowest BCUT2D eigenvalue weighted by Crippen LogP contribution is -2.52. The summed E-state index contributed by atoms with van der Waals surface area (Å²) in [5, 5.41) is 3.12. The van der Waals surface area contributed by atoms with E-state index in [1.165, 1.54) is 12.8 Å². The number of benzene rings is 1. The van der Waals surface area contributed by atoms with E-state index in [4.69, 9.17) is 0 Å². The van der Waals surface area contributed by atoms with E-state index >= 15 is 0 Å². The van der Waals surface area contributed by atoms with Crippen LogP contribution >= 0.6 is 0 Å². The first-order valence-electron chi connectivity index (χ1n) is 8.31. The Kier molecular flexibility index (Phi) is 5.35. The number of piperazine rings is 1. The SMILES string of the molecule is O=C(CNCC1CC1)N1CCN(S(=O)(=O)c2ccc(F)cc2F)CC1. The third-order valence-electron chi connectivity index (χ3n) is 4.51. The predicted molar refractivity (Wildman–Crippen MR) is 87.3 cm³/mol. The van der Waals surface area contributed by atoms with Crippen molar-refractivity contribution in [3.8, 4) is 0 Å². The van der Waals surface area contributed by atoms with Crippen LogP contribution in [0.25, 0.3) is 0 Å². The van der Waals surface area contributed by atoms with Gasteiger partial charge in [-0.05, 0) is 37.4 Å². The van der Waals surface area contributed by atoms with Crippen molar-refractivity contribution in [1.82, 2.24) is 14.5 Å². The highest BCUT2D eigenvalue weighted by molar-refractivity contribution is 7.89. The Labute approximate surface area is 145 Å². The molecule has 1 heterocycles. The molecule has 2 aliphatic rings. The molecule has 0 bridgehead atoms. The fraction of sp³-hybridized carbons (Fsp3) is 0.562. The molecule has 6 nitrogen and oxygen atoms in total. The molecule has 0 spiro atoms. The monoisotopic (exact) mass is 373 g/mol. The van der Waals surface area contributed by atoms with Gasteiger partial charge in [-0.25, -0.2) is 17.2 Å². The van der Waals surface area contributed by atoms with Gasteiger partial charge in [-0.15, -0.1) is 0 Å². The molecule has 25 heavy (non-hydrogen) atoms. The van der Waals surface area contributed by atoms with E-state index in [0.717, 1.165) is 23.0 Å². The molecule has 0 unspecified atom stereocenters. The summed E-state index contributed by atoms with van der Waals surface area (Å²) in [5.74, 6) is -1.32. The maximum atomic E-state index is 13.8. The van der Waals surface area contributed by atoms with Gasteiger partial charge in [0, 0.05) is 32.2 Å². The van der Waals surface area contributed by atoms with Crippen LogP contribution in [0, 0.1) is 17.6 Å². The van der Waals surface area contributed by atoms with Gasteiger partial charge in [-0.2, -0.15) is 4.31 Å². The highest BCUT2D eigenvalue weighted by Gasteiger charge is 2.32. The van der Waals surface area contributed by atoms with E-state index in [-0.39, 0.29) is 38.6 Å². The fourth-order valence-corrected chi connectivity index (χ4v) is 4.29. The van der Waals surface area contributed by atoms with Gasteiger partial charge < -0.3 is 10.2 Å². The van der Waals surface area contributed by atoms with Crippen LogP contribution in [-0.2, 0) is 14.8 Å². The van der Waals surface area contributed by atoms with Crippen molar-refractivity contribution in [3.05, 3.63) is 29.8 Å². The van der Waals surface area contributed by atoms with Gasteiger partial charge in [0.1, 0.15) is 16.5 Å². The molecule has 0 radical (unpaired) electrons. The Morgan fingerprint density at radius 1 is 1.16 bits per heavy atom. The highest BCUT2D eigenvalue weighted by atomic mass is 32.2. The standard InChI is InChI=1S/C16H21F2N3O3S/c17-13-3-4-15(14(18)9-13)25(23,24)21-7-5-20(6-8-21)16(22)11-19-10-12-1-2-12/h3-4,9,12,19H,1-2,5-8,10-11H2. The van der Waals surface area contributed by atoms with Crippen molar-refractivity contribution in [2.45, 2.75) is 17.7 Å². The number of hydrogen-bond donors (Lipinski definition) is 1. The molecule has 1 aromatic rings. The lowest BCUT2D eigenvalue weighted by atomic mass is 10.3. The number of hydrogen-bond acceptors (Lipinski definition) is 4. The molecule has 0 aromatic heterocycles. The van der Waals surface area contributed by atoms with Gasteiger partial charge in [-0.1, -0.05) is 0 Å². The van der Waals surface area contributed by atoms with Crippen molar-refractivity contribution < 1.29 is 22.0 Å². The maximum Gasteiger partial charge on any atom is 0.246 e. The van der Waals surface area contributed by atoms with Gasteiger partial charge in [0.25, 0.3) is 0 Å². The number of nitrogens with one attached hydrogen (secondary N) is 1. The first kappa shape index (κ1) is 18.2. The van der Waals surface area contributed by atoms with Gasteiger partial charge in [0.2, 0.25) is 15.9 Å². The van der Waals surface area contributed by atoms with Crippen molar-refractivity contribution in [2.24, 2.45) is 5.92 Å². The van der Waals surface area contributed by atoms with Crippen LogP contribution in [0.3, 0.4) is 0 Å². The van der Waals surface area contributed by atoms with E-state index < -0.39 is 26.6 Å². The van der Waals surface area contributed by atoms with Crippen LogP contribution in [0.4, 0.5) is 8.78 Å². The molecule has 1 aromatic carbocycles. The summed E-state index contributed by atoms with van der Waals surface area (Å²) in [7, 11) is -4.04.